The molecule has 0 aliphatic carbocycles. The molecule has 6 nitrogen and oxygen atoms in total. The van der Waals surface area contributed by atoms with Crippen molar-refractivity contribution < 1.29 is 24.2 Å². The summed E-state index contributed by atoms with van der Waals surface area (Å²) in [4.78, 5) is 26.2. The molecule has 1 aliphatic rings. The minimum atomic E-state index is -1.16. The van der Waals surface area contributed by atoms with Gasteiger partial charge in [-0.15, -0.1) is 13.2 Å². The number of carbonyl (C=O) groups is 2. The van der Waals surface area contributed by atoms with Crippen LogP contribution in [0.25, 0.3) is 0 Å². The maximum absolute atomic E-state index is 12.9. The van der Waals surface area contributed by atoms with E-state index in [2.05, 4.69) is 13.2 Å². The van der Waals surface area contributed by atoms with Gasteiger partial charge in [0.05, 0.1) is 18.8 Å². The van der Waals surface area contributed by atoms with Gasteiger partial charge in [-0.2, -0.15) is 0 Å². The van der Waals surface area contributed by atoms with Gasteiger partial charge < -0.3 is 14.6 Å². The van der Waals surface area contributed by atoms with Crippen molar-refractivity contribution in [2.75, 3.05) is 13.2 Å². The van der Waals surface area contributed by atoms with Gasteiger partial charge in [-0.1, -0.05) is 42.5 Å². The lowest BCUT2D eigenvalue weighted by Crippen LogP contribution is -2.50. The van der Waals surface area contributed by atoms with E-state index in [1.807, 2.05) is 30.3 Å². The van der Waals surface area contributed by atoms with Crippen molar-refractivity contribution >= 4 is 12.0 Å². The standard InChI is InChI=1S/C20H25NO5/c1-3-5-12-25-18(17(22)9-4-2)19(23)21-16(14-26-20(21)24)13-15-10-7-6-8-11-15/h3-4,6-8,10-11,16-18,22H,1-2,5,9,12-14H2/t16-,17+,18-/m0/s1. The number of cyclic esters (lactones) is 1. The van der Waals surface area contributed by atoms with Gasteiger partial charge in [-0.3, -0.25) is 4.79 Å². The second kappa shape index (κ2) is 9.89. The van der Waals surface area contributed by atoms with Crippen molar-refractivity contribution in [3.05, 3.63) is 61.2 Å². The van der Waals surface area contributed by atoms with E-state index in [0.717, 1.165) is 10.5 Å². The van der Waals surface area contributed by atoms with Gasteiger partial charge in [0.1, 0.15) is 6.61 Å². The average molecular weight is 359 g/mol. The lowest BCUT2D eigenvalue weighted by molar-refractivity contribution is -0.149. The minimum Gasteiger partial charge on any atom is -0.447 e. The predicted molar refractivity (Wildman–Crippen MR) is 97.5 cm³/mol. The van der Waals surface area contributed by atoms with Crippen molar-refractivity contribution in [2.45, 2.75) is 37.5 Å². The molecule has 1 aromatic rings. The van der Waals surface area contributed by atoms with Crippen LogP contribution in [0.15, 0.2) is 55.6 Å². The Morgan fingerprint density at radius 1 is 1.35 bits per heavy atom. The first-order valence-corrected chi connectivity index (χ1v) is 8.63. The highest BCUT2D eigenvalue weighted by Crippen LogP contribution is 2.21. The third-order valence-electron chi connectivity index (χ3n) is 4.13. The number of amides is 2. The molecule has 1 saturated heterocycles. The van der Waals surface area contributed by atoms with Gasteiger partial charge in [0.25, 0.3) is 5.91 Å². The van der Waals surface area contributed by atoms with Gasteiger partial charge in [-0.25, -0.2) is 9.69 Å². The molecule has 1 aromatic carbocycles. The molecule has 1 fully saturated rings. The van der Waals surface area contributed by atoms with Crippen molar-refractivity contribution in [1.82, 2.24) is 4.90 Å². The normalized spacial score (nSPS) is 18.9. The van der Waals surface area contributed by atoms with Gasteiger partial charge in [-0.05, 0) is 24.8 Å². The summed E-state index contributed by atoms with van der Waals surface area (Å²) in [5.41, 5.74) is 0.990. The van der Waals surface area contributed by atoms with Crippen LogP contribution in [0.2, 0.25) is 0 Å². The first-order chi connectivity index (χ1) is 12.6. The molecule has 1 N–H and O–H groups in total. The number of aliphatic hydroxyl groups is 1. The van der Waals surface area contributed by atoms with Crippen molar-refractivity contribution in [3.8, 4) is 0 Å². The summed E-state index contributed by atoms with van der Waals surface area (Å²) in [5, 5.41) is 10.3. The lowest BCUT2D eigenvalue weighted by atomic mass is 10.0. The van der Waals surface area contributed by atoms with E-state index in [1.165, 1.54) is 6.08 Å². The molecule has 6 heteroatoms. The molecule has 0 spiro atoms. The fraction of sp³-hybridized carbons (Fsp3) is 0.400. The number of hydrogen-bond acceptors (Lipinski definition) is 5. The van der Waals surface area contributed by atoms with Crippen LogP contribution in [0.5, 0.6) is 0 Å². The Morgan fingerprint density at radius 3 is 2.73 bits per heavy atom. The summed E-state index contributed by atoms with van der Waals surface area (Å²) in [7, 11) is 0. The third kappa shape index (κ3) is 5.03. The second-order valence-corrected chi connectivity index (χ2v) is 6.09. The molecule has 1 aliphatic heterocycles. The maximum Gasteiger partial charge on any atom is 0.417 e. The Kier molecular flexibility index (Phi) is 7.56. The SMILES string of the molecule is C=CCCO[C@H](C(=O)N1C(=O)OC[C@@H]1Cc1ccccc1)[C@H](O)CC=C. The number of hydrogen-bond donors (Lipinski definition) is 1. The van der Waals surface area contributed by atoms with Gasteiger partial charge in [0, 0.05) is 0 Å². The topological polar surface area (TPSA) is 76.1 Å². The number of benzene rings is 1. The van der Waals surface area contributed by atoms with E-state index in [9.17, 15) is 14.7 Å². The van der Waals surface area contributed by atoms with Crippen molar-refractivity contribution in [3.63, 3.8) is 0 Å². The number of aliphatic hydroxyl groups excluding tert-OH is 1. The molecule has 3 atom stereocenters. The Balaban J connectivity index is 2.15. The second-order valence-electron chi connectivity index (χ2n) is 6.09. The first-order valence-electron chi connectivity index (χ1n) is 8.63. The first kappa shape index (κ1) is 19.9. The molecule has 1 heterocycles. The molecule has 140 valence electrons. The Labute approximate surface area is 153 Å². The maximum atomic E-state index is 12.9. The van der Waals surface area contributed by atoms with Crippen molar-refractivity contribution in [1.29, 1.82) is 0 Å². The highest BCUT2D eigenvalue weighted by atomic mass is 16.6. The number of rotatable bonds is 10. The quantitative estimate of drug-likeness (QED) is 0.513. The van der Waals surface area contributed by atoms with E-state index >= 15 is 0 Å². The molecule has 2 rings (SSSR count). The van der Waals surface area contributed by atoms with E-state index in [1.54, 1.807) is 6.08 Å². The van der Waals surface area contributed by atoms with E-state index in [4.69, 9.17) is 9.47 Å². The van der Waals surface area contributed by atoms with Gasteiger partial charge >= 0.3 is 6.09 Å². The molecule has 2 amide bonds. The number of carbonyl (C=O) groups excluding carboxylic acids is 2. The van der Waals surface area contributed by atoms with Crippen LogP contribution in [-0.2, 0) is 20.7 Å². The van der Waals surface area contributed by atoms with Crippen LogP contribution in [0.1, 0.15) is 18.4 Å². The monoisotopic (exact) mass is 359 g/mol. The summed E-state index contributed by atoms with van der Waals surface area (Å²) in [5.74, 6) is -0.591. The van der Waals surface area contributed by atoms with Gasteiger partial charge in [0.2, 0.25) is 0 Å². The fourth-order valence-corrected chi connectivity index (χ4v) is 2.82. The zero-order valence-electron chi connectivity index (χ0n) is 14.8. The zero-order chi connectivity index (χ0) is 18.9. The highest BCUT2D eigenvalue weighted by molar-refractivity contribution is 5.96. The van der Waals surface area contributed by atoms with Crippen LogP contribution in [0, 0.1) is 0 Å². The molecule has 0 radical (unpaired) electrons. The van der Waals surface area contributed by atoms with E-state index in [-0.39, 0.29) is 19.6 Å². The average Bonchev–Trinajstić information content (AvgIpc) is 2.99. The van der Waals surface area contributed by atoms with Crippen LogP contribution >= 0.6 is 0 Å². The largest absolute Gasteiger partial charge is 0.447 e. The molecular weight excluding hydrogens is 334 g/mol. The summed E-state index contributed by atoms with van der Waals surface area (Å²) < 4.78 is 10.6. The molecular formula is C20H25NO5. The number of imide groups is 1. The molecule has 0 saturated carbocycles. The number of ether oxygens (including phenoxy) is 2. The number of nitrogens with zero attached hydrogens (tertiary/aromatic N) is 1. The molecule has 0 aromatic heterocycles. The van der Waals surface area contributed by atoms with Gasteiger partial charge in [0.15, 0.2) is 6.10 Å². The van der Waals surface area contributed by atoms with Crippen LogP contribution in [0.3, 0.4) is 0 Å². The third-order valence-corrected chi connectivity index (χ3v) is 4.13. The van der Waals surface area contributed by atoms with Crippen molar-refractivity contribution in [2.24, 2.45) is 0 Å². The lowest BCUT2D eigenvalue weighted by Gasteiger charge is -2.27. The van der Waals surface area contributed by atoms with E-state index in [0.29, 0.717) is 12.8 Å². The van der Waals surface area contributed by atoms with E-state index < -0.39 is 30.3 Å². The van der Waals surface area contributed by atoms with Crippen LogP contribution in [-0.4, -0.2) is 53.5 Å². The Morgan fingerprint density at radius 2 is 2.08 bits per heavy atom. The smallest absolute Gasteiger partial charge is 0.417 e. The zero-order valence-corrected chi connectivity index (χ0v) is 14.8. The van der Waals surface area contributed by atoms with Crippen LogP contribution < -0.4 is 0 Å². The summed E-state index contributed by atoms with van der Waals surface area (Å²) >= 11 is 0. The molecule has 0 bridgehead atoms. The summed E-state index contributed by atoms with van der Waals surface area (Å²) in [6.45, 7) is 7.52. The summed E-state index contributed by atoms with van der Waals surface area (Å²) in [6, 6.07) is 9.12. The molecule has 26 heavy (non-hydrogen) atoms. The molecule has 0 unspecified atom stereocenters. The predicted octanol–water partition coefficient (Wildman–Crippen LogP) is 2.47. The summed E-state index contributed by atoms with van der Waals surface area (Å²) in [6.07, 6.45) is 1.40. The van der Waals surface area contributed by atoms with Crippen LogP contribution in [0.4, 0.5) is 4.79 Å². The minimum absolute atomic E-state index is 0.121. The Bertz CT molecular complexity index is 630. The fourth-order valence-electron chi connectivity index (χ4n) is 2.82. The highest BCUT2D eigenvalue weighted by Gasteiger charge is 2.43. The Hall–Kier alpha value is -2.44.